The molecule has 0 N–H and O–H groups in total. The summed E-state index contributed by atoms with van der Waals surface area (Å²) in [5.74, 6) is 0. The molecule has 20 heavy (non-hydrogen) atoms. The molecule has 0 aromatic heterocycles. The summed E-state index contributed by atoms with van der Waals surface area (Å²) in [6, 6.07) is 0.823. The monoisotopic (exact) mass is 283 g/mol. The molecule has 1 aliphatic rings. The molecular weight excluding hydrogens is 246 g/mol. The standard InChI is InChI=1S/C18H37NO/c1-3-5-6-7-8-9-10-11-13-18(12-4-2)19-14-16-20-17-15-19/h18H,3-17H2,1-2H3. The Hall–Kier alpha value is -0.0800. The van der Waals surface area contributed by atoms with Gasteiger partial charge in [-0.25, -0.2) is 0 Å². The van der Waals surface area contributed by atoms with Gasteiger partial charge in [0.2, 0.25) is 0 Å². The second-order valence-corrected chi connectivity index (χ2v) is 6.35. The van der Waals surface area contributed by atoms with E-state index >= 15 is 0 Å². The van der Waals surface area contributed by atoms with Gasteiger partial charge in [-0.2, -0.15) is 0 Å². The summed E-state index contributed by atoms with van der Waals surface area (Å²) in [7, 11) is 0. The minimum atomic E-state index is 0.823. The van der Waals surface area contributed by atoms with Crippen LogP contribution in [-0.2, 0) is 4.74 Å². The SMILES string of the molecule is CCCCCCCCCCC(CCC)N1CCOCC1. The first-order chi connectivity index (χ1) is 9.88. The Morgan fingerprint density at radius 1 is 0.750 bits per heavy atom. The Morgan fingerprint density at radius 2 is 1.35 bits per heavy atom. The quantitative estimate of drug-likeness (QED) is 0.466. The summed E-state index contributed by atoms with van der Waals surface area (Å²) >= 11 is 0. The van der Waals surface area contributed by atoms with E-state index < -0.39 is 0 Å². The highest BCUT2D eigenvalue weighted by molar-refractivity contribution is 4.73. The first-order valence-corrected chi connectivity index (χ1v) is 9.20. The fourth-order valence-electron chi connectivity index (χ4n) is 3.30. The van der Waals surface area contributed by atoms with Crippen molar-refractivity contribution in [2.75, 3.05) is 26.3 Å². The molecule has 0 saturated carbocycles. The lowest BCUT2D eigenvalue weighted by atomic mass is 10.0. The van der Waals surface area contributed by atoms with Crippen LogP contribution in [0.1, 0.15) is 84.5 Å². The van der Waals surface area contributed by atoms with Gasteiger partial charge >= 0.3 is 0 Å². The third kappa shape index (κ3) is 8.26. The van der Waals surface area contributed by atoms with E-state index in [4.69, 9.17) is 4.74 Å². The van der Waals surface area contributed by atoms with Gasteiger partial charge in [0.15, 0.2) is 0 Å². The molecular formula is C18H37NO. The average molecular weight is 284 g/mol. The van der Waals surface area contributed by atoms with E-state index in [2.05, 4.69) is 18.7 Å². The highest BCUT2D eigenvalue weighted by Gasteiger charge is 2.19. The topological polar surface area (TPSA) is 12.5 Å². The molecule has 0 aromatic rings. The molecule has 1 saturated heterocycles. The lowest BCUT2D eigenvalue weighted by molar-refractivity contribution is 0.0122. The molecule has 2 heteroatoms. The van der Waals surface area contributed by atoms with Crippen LogP contribution in [0, 0.1) is 0 Å². The summed E-state index contributed by atoms with van der Waals surface area (Å²) in [4.78, 5) is 2.67. The molecule has 0 bridgehead atoms. The Balaban J connectivity index is 2.03. The second-order valence-electron chi connectivity index (χ2n) is 6.35. The van der Waals surface area contributed by atoms with Crippen molar-refractivity contribution in [2.45, 2.75) is 90.5 Å². The zero-order chi connectivity index (χ0) is 14.5. The number of hydrogen-bond donors (Lipinski definition) is 0. The highest BCUT2D eigenvalue weighted by Crippen LogP contribution is 2.17. The Labute approximate surface area is 127 Å². The van der Waals surface area contributed by atoms with E-state index in [1.54, 1.807) is 0 Å². The molecule has 0 amide bonds. The van der Waals surface area contributed by atoms with Crippen LogP contribution in [0.3, 0.4) is 0 Å². The largest absolute Gasteiger partial charge is 0.379 e. The van der Waals surface area contributed by atoms with Crippen molar-refractivity contribution in [3.8, 4) is 0 Å². The summed E-state index contributed by atoms with van der Waals surface area (Å²) < 4.78 is 5.48. The second kappa shape index (κ2) is 12.6. The van der Waals surface area contributed by atoms with Gasteiger partial charge in [0.05, 0.1) is 13.2 Å². The predicted molar refractivity (Wildman–Crippen MR) is 88.3 cm³/mol. The van der Waals surface area contributed by atoms with Crippen LogP contribution in [0.5, 0.6) is 0 Å². The molecule has 1 heterocycles. The molecule has 0 aliphatic carbocycles. The van der Waals surface area contributed by atoms with E-state index in [9.17, 15) is 0 Å². The number of nitrogens with zero attached hydrogens (tertiary/aromatic N) is 1. The van der Waals surface area contributed by atoms with Crippen molar-refractivity contribution in [1.29, 1.82) is 0 Å². The number of hydrogen-bond acceptors (Lipinski definition) is 2. The van der Waals surface area contributed by atoms with Gasteiger partial charge in [-0.05, 0) is 12.8 Å². The normalized spacial score (nSPS) is 18.3. The third-order valence-electron chi connectivity index (χ3n) is 4.57. The van der Waals surface area contributed by atoms with Gasteiger partial charge < -0.3 is 4.74 Å². The molecule has 0 radical (unpaired) electrons. The Bertz CT molecular complexity index is 202. The van der Waals surface area contributed by atoms with Crippen LogP contribution in [0.2, 0.25) is 0 Å². The molecule has 0 aromatic carbocycles. The average Bonchev–Trinajstić information content (AvgIpc) is 2.50. The summed E-state index contributed by atoms with van der Waals surface area (Å²) in [5.41, 5.74) is 0. The maximum absolute atomic E-state index is 5.48. The van der Waals surface area contributed by atoms with E-state index in [0.29, 0.717) is 0 Å². The first-order valence-electron chi connectivity index (χ1n) is 9.20. The lowest BCUT2D eigenvalue weighted by Crippen LogP contribution is -2.43. The van der Waals surface area contributed by atoms with Gasteiger partial charge in [-0.1, -0.05) is 71.6 Å². The number of morpholine rings is 1. The van der Waals surface area contributed by atoms with Crippen molar-refractivity contribution in [3.05, 3.63) is 0 Å². The molecule has 1 fully saturated rings. The van der Waals surface area contributed by atoms with Crippen molar-refractivity contribution in [3.63, 3.8) is 0 Å². The molecule has 1 aliphatic heterocycles. The van der Waals surface area contributed by atoms with E-state index in [0.717, 1.165) is 32.3 Å². The molecule has 1 atom stereocenters. The van der Waals surface area contributed by atoms with Crippen LogP contribution in [-0.4, -0.2) is 37.2 Å². The zero-order valence-electron chi connectivity index (χ0n) is 14.0. The van der Waals surface area contributed by atoms with Gasteiger partial charge in [-0.3, -0.25) is 4.90 Å². The Kier molecular flexibility index (Phi) is 11.4. The molecule has 1 rings (SSSR count). The highest BCUT2D eigenvalue weighted by atomic mass is 16.5. The maximum atomic E-state index is 5.48. The van der Waals surface area contributed by atoms with Gasteiger partial charge in [0, 0.05) is 19.1 Å². The summed E-state index contributed by atoms with van der Waals surface area (Å²) in [6.07, 6.45) is 15.6. The van der Waals surface area contributed by atoms with E-state index in [-0.39, 0.29) is 0 Å². The van der Waals surface area contributed by atoms with Gasteiger partial charge in [0.25, 0.3) is 0 Å². The summed E-state index contributed by atoms with van der Waals surface area (Å²) in [6.45, 7) is 8.80. The van der Waals surface area contributed by atoms with Crippen molar-refractivity contribution < 1.29 is 4.74 Å². The molecule has 120 valence electrons. The van der Waals surface area contributed by atoms with E-state index in [1.165, 1.54) is 70.6 Å². The Morgan fingerprint density at radius 3 is 1.95 bits per heavy atom. The number of ether oxygens (including phenoxy) is 1. The van der Waals surface area contributed by atoms with E-state index in [1.807, 2.05) is 0 Å². The van der Waals surface area contributed by atoms with Crippen molar-refractivity contribution >= 4 is 0 Å². The lowest BCUT2D eigenvalue weighted by Gasteiger charge is -2.34. The van der Waals surface area contributed by atoms with Crippen LogP contribution < -0.4 is 0 Å². The molecule has 2 nitrogen and oxygen atoms in total. The zero-order valence-corrected chi connectivity index (χ0v) is 14.0. The fraction of sp³-hybridized carbons (Fsp3) is 1.00. The van der Waals surface area contributed by atoms with Crippen LogP contribution >= 0.6 is 0 Å². The number of unbranched alkanes of at least 4 members (excludes halogenated alkanes) is 7. The molecule has 1 unspecified atom stereocenters. The fourth-order valence-corrected chi connectivity index (χ4v) is 3.30. The minimum absolute atomic E-state index is 0.823. The van der Waals surface area contributed by atoms with Crippen LogP contribution in [0.15, 0.2) is 0 Å². The van der Waals surface area contributed by atoms with Crippen molar-refractivity contribution in [1.82, 2.24) is 4.90 Å². The first kappa shape index (κ1) is 18.0. The maximum Gasteiger partial charge on any atom is 0.0594 e. The smallest absolute Gasteiger partial charge is 0.0594 e. The van der Waals surface area contributed by atoms with Crippen LogP contribution in [0.4, 0.5) is 0 Å². The third-order valence-corrected chi connectivity index (χ3v) is 4.57. The minimum Gasteiger partial charge on any atom is -0.379 e. The van der Waals surface area contributed by atoms with Gasteiger partial charge in [0.1, 0.15) is 0 Å². The van der Waals surface area contributed by atoms with Crippen molar-refractivity contribution in [2.24, 2.45) is 0 Å². The summed E-state index contributed by atoms with van der Waals surface area (Å²) in [5, 5.41) is 0. The van der Waals surface area contributed by atoms with Crippen LogP contribution in [0.25, 0.3) is 0 Å². The predicted octanol–water partition coefficient (Wildman–Crippen LogP) is 5.02. The molecule has 0 spiro atoms. The number of rotatable bonds is 12. The van der Waals surface area contributed by atoms with Gasteiger partial charge in [-0.15, -0.1) is 0 Å².